The summed E-state index contributed by atoms with van der Waals surface area (Å²) in [5.74, 6) is 1.66. The largest absolute Gasteiger partial charge is 0.354 e. The molecule has 1 aliphatic heterocycles. The van der Waals surface area contributed by atoms with E-state index in [2.05, 4.69) is 27.5 Å². The zero-order valence-corrected chi connectivity index (χ0v) is 19.2. The molecule has 0 saturated carbocycles. The molecule has 4 rings (SSSR count). The Labute approximate surface area is 186 Å². The molecule has 8 heteroatoms. The maximum Gasteiger partial charge on any atom is 0.261 e. The first-order chi connectivity index (χ1) is 15.0. The average Bonchev–Trinajstić information content (AvgIpc) is 3.30. The van der Waals surface area contributed by atoms with Crippen molar-refractivity contribution >= 4 is 33.2 Å². The Morgan fingerprint density at radius 2 is 2.03 bits per heavy atom. The number of carbonyl (C=O) groups excluding carboxylic acids is 2. The minimum atomic E-state index is -0.0538. The number of likely N-dealkylation sites (tertiary alicyclic amines) is 1. The Hall–Kier alpha value is -2.74. The van der Waals surface area contributed by atoms with E-state index in [4.69, 9.17) is 0 Å². The Balaban J connectivity index is 1.55. The molecule has 3 heterocycles. The number of nitrogens with one attached hydrogen (secondary N) is 1. The predicted molar refractivity (Wildman–Crippen MR) is 122 cm³/mol. The molecular weight excluding hydrogens is 410 g/mol. The van der Waals surface area contributed by atoms with E-state index in [0.717, 1.165) is 58.0 Å². The minimum absolute atomic E-state index is 0.0538. The lowest BCUT2D eigenvalue weighted by Gasteiger charge is -2.36. The highest BCUT2D eigenvalue weighted by molar-refractivity contribution is 7.21. The van der Waals surface area contributed by atoms with Gasteiger partial charge in [-0.1, -0.05) is 18.2 Å². The molecule has 2 aromatic heterocycles. The van der Waals surface area contributed by atoms with E-state index >= 15 is 0 Å². The number of hydrogen-bond acceptors (Lipinski definition) is 5. The molecule has 0 aliphatic carbocycles. The normalized spacial score (nSPS) is 16.6. The van der Waals surface area contributed by atoms with Gasteiger partial charge in [0.05, 0.1) is 11.4 Å². The van der Waals surface area contributed by atoms with Crippen molar-refractivity contribution < 1.29 is 9.59 Å². The third-order valence-corrected chi connectivity index (χ3v) is 7.23. The highest BCUT2D eigenvalue weighted by Gasteiger charge is 2.29. The molecule has 0 spiro atoms. The number of amides is 2. The number of aryl methyl sites for hydroxylation is 3. The summed E-state index contributed by atoms with van der Waals surface area (Å²) in [6.07, 6.45) is 4.21. The summed E-state index contributed by atoms with van der Waals surface area (Å²) in [6, 6.07) is 8.26. The fourth-order valence-corrected chi connectivity index (χ4v) is 5.67. The van der Waals surface area contributed by atoms with Crippen molar-refractivity contribution in [3.05, 3.63) is 46.4 Å². The van der Waals surface area contributed by atoms with Crippen LogP contribution in [0.1, 0.15) is 52.6 Å². The second kappa shape index (κ2) is 9.18. The Bertz CT molecular complexity index is 1100. The van der Waals surface area contributed by atoms with Gasteiger partial charge < -0.3 is 10.2 Å². The van der Waals surface area contributed by atoms with Crippen molar-refractivity contribution in [3.8, 4) is 0 Å². The first-order valence-electron chi connectivity index (χ1n) is 10.9. The van der Waals surface area contributed by atoms with Gasteiger partial charge in [-0.15, -0.1) is 11.3 Å². The van der Waals surface area contributed by atoms with Gasteiger partial charge in [0.2, 0.25) is 5.91 Å². The SMILES string of the molecule is CNC(=O)c1sc2ccccc2c1C[C@@H]1CCCCN1C(=O)CCn1nc(C)nc1C. The van der Waals surface area contributed by atoms with E-state index in [1.807, 2.05) is 35.6 Å². The summed E-state index contributed by atoms with van der Waals surface area (Å²) in [6.45, 7) is 5.09. The number of benzene rings is 1. The van der Waals surface area contributed by atoms with E-state index in [9.17, 15) is 9.59 Å². The van der Waals surface area contributed by atoms with Crippen molar-refractivity contribution in [3.63, 3.8) is 0 Å². The molecule has 1 atom stereocenters. The second-order valence-corrected chi connectivity index (χ2v) is 9.16. The van der Waals surface area contributed by atoms with Crippen LogP contribution in [0.3, 0.4) is 0 Å². The van der Waals surface area contributed by atoms with E-state index in [1.165, 1.54) is 11.3 Å². The van der Waals surface area contributed by atoms with E-state index in [-0.39, 0.29) is 17.9 Å². The van der Waals surface area contributed by atoms with Crippen LogP contribution in [-0.2, 0) is 17.8 Å². The minimum Gasteiger partial charge on any atom is -0.354 e. The first-order valence-corrected chi connectivity index (χ1v) is 11.7. The van der Waals surface area contributed by atoms with Gasteiger partial charge in [0.25, 0.3) is 5.91 Å². The van der Waals surface area contributed by atoms with Crippen LogP contribution < -0.4 is 5.32 Å². The van der Waals surface area contributed by atoms with Gasteiger partial charge >= 0.3 is 0 Å². The van der Waals surface area contributed by atoms with E-state index < -0.39 is 0 Å². The van der Waals surface area contributed by atoms with Crippen LogP contribution in [-0.4, -0.2) is 51.1 Å². The summed E-state index contributed by atoms with van der Waals surface area (Å²) in [5, 5.41) is 8.27. The van der Waals surface area contributed by atoms with E-state index in [0.29, 0.717) is 19.4 Å². The van der Waals surface area contributed by atoms with Crippen LogP contribution in [0.25, 0.3) is 10.1 Å². The van der Waals surface area contributed by atoms with Crippen molar-refractivity contribution in [1.29, 1.82) is 0 Å². The van der Waals surface area contributed by atoms with Crippen LogP contribution in [0.2, 0.25) is 0 Å². The fourth-order valence-electron chi connectivity index (χ4n) is 4.49. The third-order valence-electron chi connectivity index (χ3n) is 6.02. The van der Waals surface area contributed by atoms with Gasteiger partial charge in [-0.2, -0.15) is 5.10 Å². The number of aromatic nitrogens is 3. The highest BCUT2D eigenvalue weighted by atomic mass is 32.1. The Morgan fingerprint density at radius 3 is 2.77 bits per heavy atom. The molecule has 31 heavy (non-hydrogen) atoms. The molecule has 1 aromatic carbocycles. The maximum absolute atomic E-state index is 13.2. The highest BCUT2D eigenvalue weighted by Crippen LogP contribution is 2.34. The smallest absolute Gasteiger partial charge is 0.261 e. The zero-order chi connectivity index (χ0) is 22.0. The number of piperidine rings is 1. The molecule has 164 valence electrons. The second-order valence-electron chi connectivity index (χ2n) is 8.11. The molecule has 1 N–H and O–H groups in total. The number of rotatable bonds is 6. The molecule has 7 nitrogen and oxygen atoms in total. The van der Waals surface area contributed by atoms with E-state index in [1.54, 1.807) is 7.05 Å². The summed E-state index contributed by atoms with van der Waals surface area (Å²) < 4.78 is 2.92. The monoisotopic (exact) mass is 439 g/mol. The number of nitrogens with zero attached hydrogens (tertiary/aromatic N) is 4. The molecule has 2 amide bonds. The van der Waals surface area contributed by atoms with Gasteiger partial charge in [0, 0.05) is 30.8 Å². The lowest BCUT2D eigenvalue weighted by atomic mass is 9.93. The van der Waals surface area contributed by atoms with Crippen LogP contribution in [0.15, 0.2) is 24.3 Å². The topological polar surface area (TPSA) is 80.1 Å². The zero-order valence-electron chi connectivity index (χ0n) is 18.4. The van der Waals surface area contributed by atoms with Gasteiger partial charge in [0.1, 0.15) is 11.6 Å². The average molecular weight is 440 g/mol. The van der Waals surface area contributed by atoms with Crippen molar-refractivity contribution in [2.24, 2.45) is 0 Å². The number of carbonyl (C=O) groups is 2. The number of hydrogen-bond donors (Lipinski definition) is 1. The van der Waals surface area contributed by atoms with Crippen LogP contribution in [0.4, 0.5) is 0 Å². The quantitative estimate of drug-likeness (QED) is 0.638. The molecule has 3 aromatic rings. The molecule has 1 saturated heterocycles. The van der Waals surface area contributed by atoms with Gasteiger partial charge in [-0.25, -0.2) is 9.67 Å². The lowest BCUT2D eigenvalue weighted by Crippen LogP contribution is -2.45. The number of fused-ring (bicyclic) bond motifs is 1. The molecule has 1 fully saturated rings. The van der Waals surface area contributed by atoms with Crippen molar-refractivity contribution in [2.75, 3.05) is 13.6 Å². The van der Waals surface area contributed by atoms with Crippen LogP contribution >= 0.6 is 11.3 Å². The van der Waals surface area contributed by atoms with Crippen molar-refractivity contribution in [1.82, 2.24) is 25.0 Å². The Morgan fingerprint density at radius 1 is 1.23 bits per heavy atom. The molecule has 0 bridgehead atoms. The predicted octanol–water partition coefficient (Wildman–Crippen LogP) is 3.48. The molecular formula is C23H29N5O2S. The maximum atomic E-state index is 13.2. The summed E-state index contributed by atoms with van der Waals surface area (Å²) in [4.78, 5) is 32.8. The van der Waals surface area contributed by atoms with Gasteiger partial charge in [-0.05, 0) is 56.5 Å². The summed E-state index contributed by atoms with van der Waals surface area (Å²) in [5.41, 5.74) is 1.06. The standard InChI is InChI=1S/C23H29N5O2S/c1-15-25-16(2)28(26-15)13-11-21(29)27-12-7-6-8-17(27)14-19-18-9-4-5-10-20(18)31-22(19)23(30)24-3/h4-5,9-10,17H,6-8,11-14H2,1-3H3,(H,24,30)/t17-/m0/s1. The molecule has 0 unspecified atom stereocenters. The van der Waals surface area contributed by atoms with Gasteiger partial charge in [-0.3, -0.25) is 9.59 Å². The number of thiophene rings is 1. The lowest BCUT2D eigenvalue weighted by molar-refractivity contribution is -0.135. The Kier molecular flexibility index (Phi) is 6.36. The van der Waals surface area contributed by atoms with Crippen LogP contribution in [0.5, 0.6) is 0 Å². The summed E-state index contributed by atoms with van der Waals surface area (Å²) in [7, 11) is 1.67. The fraction of sp³-hybridized carbons (Fsp3) is 0.478. The first kappa shape index (κ1) is 21.5. The molecule has 1 aliphatic rings. The van der Waals surface area contributed by atoms with Crippen LogP contribution in [0, 0.1) is 13.8 Å². The summed E-state index contributed by atoms with van der Waals surface area (Å²) >= 11 is 1.53. The van der Waals surface area contributed by atoms with Crippen molar-refractivity contribution in [2.45, 2.75) is 58.5 Å². The molecule has 0 radical (unpaired) electrons. The third kappa shape index (κ3) is 4.49. The van der Waals surface area contributed by atoms with Gasteiger partial charge in [0.15, 0.2) is 0 Å².